The molecule has 1 unspecified atom stereocenters. The van der Waals surface area contributed by atoms with Crippen molar-refractivity contribution in [3.63, 3.8) is 0 Å². The summed E-state index contributed by atoms with van der Waals surface area (Å²) in [6.45, 7) is 4.13. The first-order valence-corrected chi connectivity index (χ1v) is 7.71. The highest BCUT2D eigenvalue weighted by molar-refractivity contribution is 7.99. The second-order valence-corrected chi connectivity index (χ2v) is 5.60. The van der Waals surface area contributed by atoms with Crippen molar-refractivity contribution < 1.29 is 10.2 Å². The van der Waals surface area contributed by atoms with E-state index in [1.165, 1.54) is 17.3 Å². The molecule has 2 aromatic rings. The van der Waals surface area contributed by atoms with Gasteiger partial charge in [0.15, 0.2) is 5.16 Å². The Balaban J connectivity index is 2.14. The summed E-state index contributed by atoms with van der Waals surface area (Å²) >= 11 is 1.38. The van der Waals surface area contributed by atoms with Crippen molar-refractivity contribution in [2.24, 2.45) is 0 Å². The van der Waals surface area contributed by atoms with E-state index in [2.05, 4.69) is 28.9 Å². The molecule has 0 saturated heterocycles. The molecule has 0 radical (unpaired) electrons. The molecular formula is C15H19N3O2S. The minimum Gasteiger partial charge on any atom is -0.394 e. The molecule has 1 heterocycles. The van der Waals surface area contributed by atoms with Crippen molar-refractivity contribution >= 4 is 11.8 Å². The van der Waals surface area contributed by atoms with E-state index in [1.54, 1.807) is 6.08 Å². The molecule has 0 aliphatic rings. The molecule has 1 aromatic heterocycles. The first kappa shape index (κ1) is 15.8. The Morgan fingerprint density at radius 3 is 2.71 bits per heavy atom. The van der Waals surface area contributed by atoms with Crippen LogP contribution in [-0.2, 0) is 13.0 Å². The van der Waals surface area contributed by atoms with Crippen LogP contribution in [0.15, 0.2) is 48.1 Å². The average Bonchev–Trinajstić information content (AvgIpc) is 2.88. The van der Waals surface area contributed by atoms with Crippen LogP contribution in [0.25, 0.3) is 0 Å². The average molecular weight is 305 g/mol. The zero-order valence-corrected chi connectivity index (χ0v) is 12.5. The lowest BCUT2D eigenvalue weighted by Gasteiger charge is -2.09. The molecule has 21 heavy (non-hydrogen) atoms. The van der Waals surface area contributed by atoms with Gasteiger partial charge in [-0.15, -0.1) is 16.8 Å². The molecule has 0 amide bonds. The Bertz CT molecular complexity index is 572. The number of aromatic nitrogens is 3. The number of thioether (sulfide) groups is 1. The smallest absolute Gasteiger partial charge is 0.191 e. The summed E-state index contributed by atoms with van der Waals surface area (Å²) in [5.74, 6) is 1.25. The van der Waals surface area contributed by atoms with Gasteiger partial charge in [0, 0.05) is 18.7 Å². The van der Waals surface area contributed by atoms with Crippen LogP contribution in [0.2, 0.25) is 0 Å². The Kier molecular flexibility index (Phi) is 5.98. The summed E-state index contributed by atoms with van der Waals surface area (Å²) in [5.41, 5.74) is 1.17. The van der Waals surface area contributed by atoms with Gasteiger partial charge < -0.3 is 14.8 Å². The van der Waals surface area contributed by atoms with E-state index >= 15 is 0 Å². The van der Waals surface area contributed by atoms with Crippen LogP contribution in [-0.4, -0.2) is 43.4 Å². The highest BCUT2D eigenvalue weighted by atomic mass is 32.2. The van der Waals surface area contributed by atoms with Gasteiger partial charge in [-0.3, -0.25) is 0 Å². The van der Waals surface area contributed by atoms with E-state index in [0.29, 0.717) is 18.7 Å². The van der Waals surface area contributed by atoms with E-state index < -0.39 is 6.10 Å². The van der Waals surface area contributed by atoms with Gasteiger partial charge >= 0.3 is 0 Å². The highest BCUT2D eigenvalue weighted by Gasteiger charge is 2.13. The van der Waals surface area contributed by atoms with Gasteiger partial charge in [0.2, 0.25) is 0 Å². The van der Waals surface area contributed by atoms with Crippen LogP contribution in [0.4, 0.5) is 0 Å². The van der Waals surface area contributed by atoms with Gasteiger partial charge in [0.25, 0.3) is 0 Å². The van der Waals surface area contributed by atoms with Crippen molar-refractivity contribution in [3.8, 4) is 0 Å². The molecule has 0 spiro atoms. The number of nitrogens with zero attached hydrogens (tertiary/aromatic N) is 3. The molecule has 5 nitrogen and oxygen atoms in total. The van der Waals surface area contributed by atoms with Crippen LogP contribution in [0.5, 0.6) is 0 Å². The monoisotopic (exact) mass is 305 g/mol. The molecule has 112 valence electrons. The summed E-state index contributed by atoms with van der Waals surface area (Å²) in [7, 11) is 0. The summed E-state index contributed by atoms with van der Waals surface area (Å²) in [4.78, 5) is 0. The van der Waals surface area contributed by atoms with Crippen molar-refractivity contribution in [3.05, 3.63) is 54.4 Å². The second kappa shape index (κ2) is 7.97. The summed E-state index contributed by atoms with van der Waals surface area (Å²) < 4.78 is 1.98. The van der Waals surface area contributed by atoms with Gasteiger partial charge in [-0.05, 0) is 5.56 Å². The van der Waals surface area contributed by atoms with Crippen molar-refractivity contribution in [2.75, 3.05) is 12.4 Å². The van der Waals surface area contributed by atoms with Crippen LogP contribution >= 0.6 is 11.8 Å². The first-order valence-electron chi connectivity index (χ1n) is 6.73. The number of aliphatic hydroxyl groups excluding tert-OH is 2. The van der Waals surface area contributed by atoms with Gasteiger partial charge in [-0.25, -0.2) is 0 Å². The zero-order chi connectivity index (χ0) is 15.1. The van der Waals surface area contributed by atoms with Crippen LogP contribution < -0.4 is 0 Å². The molecule has 1 aromatic carbocycles. The van der Waals surface area contributed by atoms with E-state index in [9.17, 15) is 5.11 Å². The molecule has 0 aliphatic carbocycles. The fourth-order valence-electron chi connectivity index (χ4n) is 1.87. The van der Waals surface area contributed by atoms with E-state index in [0.717, 1.165) is 11.0 Å². The number of rotatable bonds is 8. The molecular weight excluding hydrogens is 286 g/mol. The van der Waals surface area contributed by atoms with Gasteiger partial charge in [0.1, 0.15) is 5.82 Å². The normalized spacial score (nSPS) is 12.3. The third kappa shape index (κ3) is 4.42. The van der Waals surface area contributed by atoms with Gasteiger partial charge in [-0.2, -0.15) is 0 Å². The number of hydrogen-bond acceptors (Lipinski definition) is 5. The standard InChI is InChI=1S/C15H19N3O2S/c1-2-8-18-14(9-12-6-4-3-5-7-12)16-17-15(18)21-11-13(20)10-19/h2-7,13,19-20H,1,8-11H2. The predicted octanol–water partition coefficient (Wildman–Crippen LogP) is 1.50. The summed E-state index contributed by atoms with van der Waals surface area (Å²) in [6.07, 6.45) is 1.75. The van der Waals surface area contributed by atoms with Crippen molar-refractivity contribution in [1.29, 1.82) is 0 Å². The molecule has 0 saturated carbocycles. The SMILES string of the molecule is C=CCn1c(Cc2ccccc2)nnc1SCC(O)CO. The Labute approximate surface area is 128 Å². The molecule has 2 N–H and O–H groups in total. The number of hydrogen-bond donors (Lipinski definition) is 2. The molecule has 0 fully saturated rings. The predicted molar refractivity (Wildman–Crippen MR) is 83.3 cm³/mol. The van der Waals surface area contributed by atoms with Gasteiger partial charge in [-0.1, -0.05) is 48.2 Å². The summed E-state index contributed by atoms with van der Waals surface area (Å²) in [6, 6.07) is 10.1. The maximum absolute atomic E-state index is 9.43. The third-order valence-corrected chi connectivity index (χ3v) is 4.04. The Morgan fingerprint density at radius 2 is 2.05 bits per heavy atom. The zero-order valence-electron chi connectivity index (χ0n) is 11.7. The molecule has 0 bridgehead atoms. The number of allylic oxidation sites excluding steroid dienone is 1. The maximum Gasteiger partial charge on any atom is 0.191 e. The minimum absolute atomic E-state index is 0.251. The Morgan fingerprint density at radius 1 is 1.29 bits per heavy atom. The van der Waals surface area contributed by atoms with E-state index in [-0.39, 0.29) is 6.61 Å². The Hall–Kier alpha value is -1.63. The van der Waals surface area contributed by atoms with Crippen molar-refractivity contribution in [1.82, 2.24) is 14.8 Å². The highest BCUT2D eigenvalue weighted by Crippen LogP contribution is 2.19. The van der Waals surface area contributed by atoms with E-state index in [1.807, 2.05) is 22.8 Å². The third-order valence-electron chi connectivity index (χ3n) is 2.93. The molecule has 1 atom stereocenters. The molecule has 6 heteroatoms. The topological polar surface area (TPSA) is 71.2 Å². The lowest BCUT2D eigenvalue weighted by Crippen LogP contribution is -2.15. The fraction of sp³-hybridized carbons (Fsp3) is 0.333. The first-order chi connectivity index (χ1) is 10.2. The second-order valence-electron chi connectivity index (χ2n) is 4.61. The minimum atomic E-state index is -0.749. The quantitative estimate of drug-likeness (QED) is 0.571. The van der Waals surface area contributed by atoms with Crippen LogP contribution in [0.3, 0.4) is 0 Å². The van der Waals surface area contributed by atoms with Crippen LogP contribution in [0, 0.1) is 0 Å². The lowest BCUT2D eigenvalue weighted by molar-refractivity contribution is 0.113. The largest absolute Gasteiger partial charge is 0.394 e. The maximum atomic E-state index is 9.43. The van der Waals surface area contributed by atoms with Crippen molar-refractivity contribution in [2.45, 2.75) is 24.2 Å². The molecule has 0 aliphatic heterocycles. The van der Waals surface area contributed by atoms with E-state index in [4.69, 9.17) is 5.11 Å². The number of aliphatic hydroxyl groups is 2. The van der Waals surface area contributed by atoms with Crippen LogP contribution in [0.1, 0.15) is 11.4 Å². The number of benzene rings is 1. The lowest BCUT2D eigenvalue weighted by atomic mass is 10.1. The fourth-order valence-corrected chi connectivity index (χ4v) is 2.75. The van der Waals surface area contributed by atoms with Gasteiger partial charge in [0.05, 0.1) is 12.7 Å². The molecule has 2 rings (SSSR count). The summed E-state index contributed by atoms with van der Waals surface area (Å²) in [5, 5.41) is 27.4.